The van der Waals surface area contributed by atoms with Crippen molar-refractivity contribution in [3.63, 3.8) is 0 Å². The molecule has 0 saturated carbocycles. The Morgan fingerprint density at radius 2 is 1.87 bits per heavy atom. The lowest BCUT2D eigenvalue weighted by atomic mass is 10.1. The summed E-state index contributed by atoms with van der Waals surface area (Å²) in [6.45, 7) is -1.11. The van der Waals surface area contributed by atoms with Crippen LogP contribution in [0, 0.1) is 11.6 Å². The van der Waals surface area contributed by atoms with Gasteiger partial charge in [0.15, 0.2) is 11.6 Å². The van der Waals surface area contributed by atoms with Crippen LogP contribution in [-0.2, 0) is 11.5 Å². The van der Waals surface area contributed by atoms with E-state index in [-0.39, 0.29) is 5.56 Å². The first kappa shape index (κ1) is 11.2. The quantitative estimate of drug-likeness (QED) is 0.620. The third-order valence-electron chi connectivity index (χ3n) is 1.68. The molecule has 0 amide bonds. The van der Waals surface area contributed by atoms with Crippen molar-refractivity contribution < 1.29 is 27.9 Å². The lowest BCUT2D eigenvalue weighted by molar-refractivity contribution is -0.131. The minimum absolute atomic E-state index is 0.293. The average Bonchev–Trinajstić information content (AvgIpc) is 2.20. The van der Waals surface area contributed by atoms with Crippen molar-refractivity contribution in [3.8, 4) is 0 Å². The Bertz CT molecular complexity index is 429. The van der Waals surface area contributed by atoms with Crippen LogP contribution >= 0.6 is 0 Å². The van der Waals surface area contributed by atoms with Crippen molar-refractivity contribution in [2.75, 3.05) is 0 Å². The molecule has 80 valence electrons. The van der Waals surface area contributed by atoms with Gasteiger partial charge in [-0.05, 0) is 17.7 Å². The Kier molecular flexibility index (Phi) is 3.08. The standard InChI is InChI=1S/C9H5F3O3/c10-3-4-1-5(8(13)9(14)15)7(12)6(11)2-4/h1-2H,3H2,(H,14,15). The van der Waals surface area contributed by atoms with Gasteiger partial charge in [-0.25, -0.2) is 18.0 Å². The number of aliphatic carboxylic acids is 1. The van der Waals surface area contributed by atoms with E-state index in [4.69, 9.17) is 5.11 Å². The van der Waals surface area contributed by atoms with E-state index in [9.17, 15) is 22.8 Å². The number of carbonyl (C=O) groups excluding carboxylic acids is 1. The van der Waals surface area contributed by atoms with Crippen LogP contribution in [0.3, 0.4) is 0 Å². The van der Waals surface area contributed by atoms with Crippen molar-refractivity contribution in [2.45, 2.75) is 6.67 Å². The van der Waals surface area contributed by atoms with Gasteiger partial charge in [-0.3, -0.25) is 4.79 Å². The minimum Gasteiger partial charge on any atom is -0.475 e. The highest BCUT2D eigenvalue weighted by Crippen LogP contribution is 2.16. The van der Waals surface area contributed by atoms with Gasteiger partial charge < -0.3 is 5.11 Å². The number of Topliss-reactive ketones (excluding diaryl/α,β-unsaturated/α-hetero) is 1. The van der Waals surface area contributed by atoms with E-state index in [1.165, 1.54) is 0 Å². The van der Waals surface area contributed by atoms with Gasteiger partial charge in [-0.15, -0.1) is 0 Å². The summed E-state index contributed by atoms with van der Waals surface area (Å²) in [5.41, 5.74) is -1.27. The highest BCUT2D eigenvalue weighted by atomic mass is 19.2. The monoisotopic (exact) mass is 218 g/mol. The van der Waals surface area contributed by atoms with Crippen molar-refractivity contribution in [1.29, 1.82) is 0 Å². The topological polar surface area (TPSA) is 54.4 Å². The lowest BCUT2D eigenvalue weighted by Crippen LogP contribution is -2.15. The molecule has 1 aromatic rings. The summed E-state index contributed by atoms with van der Waals surface area (Å²) in [6.07, 6.45) is 0. The second kappa shape index (κ2) is 4.12. The SMILES string of the molecule is O=C(O)C(=O)c1cc(CF)cc(F)c1F. The zero-order valence-electron chi connectivity index (χ0n) is 7.26. The van der Waals surface area contributed by atoms with Gasteiger partial charge in [0.1, 0.15) is 6.67 Å². The molecule has 0 atom stereocenters. The molecule has 0 bridgehead atoms. The van der Waals surface area contributed by atoms with E-state index >= 15 is 0 Å². The number of carbonyl (C=O) groups is 2. The van der Waals surface area contributed by atoms with Gasteiger partial charge in [0.25, 0.3) is 5.78 Å². The zero-order valence-corrected chi connectivity index (χ0v) is 7.26. The Morgan fingerprint density at radius 3 is 2.33 bits per heavy atom. The molecule has 0 spiro atoms. The van der Waals surface area contributed by atoms with Crippen LogP contribution < -0.4 is 0 Å². The largest absolute Gasteiger partial charge is 0.475 e. The second-order valence-corrected chi connectivity index (χ2v) is 2.71. The molecule has 1 aromatic carbocycles. The van der Waals surface area contributed by atoms with E-state index in [2.05, 4.69) is 0 Å². The molecule has 6 heteroatoms. The first-order chi connectivity index (χ1) is 6.97. The predicted molar refractivity (Wildman–Crippen MR) is 43.1 cm³/mol. The predicted octanol–water partition coefficient (Wildman–Crippen LogP) is 1.70. The minimum atomic E-state index is -1.93. The van der Waals surface area contributed by atoms with Crippen molar-refractivity contribution in [3.05, 3.63) is 34.9 Å². The van der Waals surface area contributed by atoms with Gasteiger partial charge in [0.2, 0.25) is 0 Å². The third-order valence-corrected chi connectivity index (χ3v) is 1.68. The molecule has 0 heterocycles. The molecule has 1 rings (SSSR count). The van der Waals surface area contributed by atoms with E-state index in [1.54, 1.807) is 0 Å². The fourth-order valence-electron chi connectivity index (χ4n) is 1.00. The van der Waals surface area contributed by atoms with Crippen LogP contribution in [0.5, 0.6) is 0 Å². The molecular weight excluding hydrogens is 213 g/mol. The summed E-state index contributed by atoms with van der Waals surface area (Å²) in [5.74, 6) is -6.57. The molecule has 0 aromatic heterocycles. The Morgan fingerprint density at radius 1 is 1.27 bits per heavy atom. The number of benzene rings is 1. The third kappa shape index (κ3) is 2.15. The van der Waals surface area contributed by atoms with Crippen LogP contribution in [0.1, 0.15) is 15.9 Å². The number of carboxylic acids is 1. The second-order valence-electron chi connectivity index (χ2n) is 2.71. The summed E-state index contributed by atoms with van der Waals surface area (Å²) in [4.78, 5) is 21.1. The molecule has 0 aliphatic heterocycles. The number of carboxylic acid groups (broad SMARTS) is 1. The molecule has 0 fully saturated rings. The van der Waals surface area contributed by atoms with E-state index in [0.717, 1.165) is 0 Å². The van der Waals surface area contributed by atoms with Crippen LogP contribution in [0.4, 0.5) is 13.2 Å². The van der Waals surface area contributed by atoms with Crippen LogP contribution in [-0.4, -0.2) is 16.9 Å². The van der Waals surface area contributed by atoms with Gasteiger partial charge in [-0.2, -0.15) is 0 Å². The fraction of sp³-hybridized carbons (Fsp3) is 0.111. The van der Waals surface area contributed by atoms with Crippen molar-refractivity contribution >= 4 is 11.8 Å². The van der Waals surface area contributed by atoms with Crippen LogP contribution in [0.15, 0.2) is 12.1 Å². The van der Waals surface area contributed by atoms with Gasteiger partial charge in [0, 0.05) is 0 Å². The highest BCUT2D eigenvalue weighted by Gasteiger charge is 2.22. The molecule has 0 aliphatic carbocycles. The molecule has 15 heavy (non-hydrogen) atoms. The van der Waals surface area contributed by atoms with Crippen molar-refractivity contribution in [2.24, 2.45) is 0 Å². The number of ketones is 1. The van der Waals surface area contributed by atoms with E-state index in [1.807, 2.05) is 0 Å². The van der Waals surface area contributed by atoms with Crippen LogP contribution in [0.25, 0.3) is 0 Å². The highest BCUT2D eigenvalue weighted by molar-refractivity contribution is 6.39. The molecule has 0 aliphatic rings. The molecule has 0 radical (unpaired) electrons. The van der Waals surface area contributed by atoms with Gasteiger partial charge in [-0.1, -0.05) is 0 Å². The summed E-state index contributed by atoms with van der Waals surface area (Å²) >= 11 is 0. The lowest BCUT2D eigenvalue weighted by Gasteiger charge is -2.02. The summed E-state index contributed by atoms with van der Waals surface area (Å²) < 4.78 is 37.8. The number of hydrogen-bond donors (Lipinski definition) is 1. The maximum atomic E-state index is 12.9. The molecular formula is C9H5F3O3. The Balaban J connectivity index is 3.34. The van der Waals surface area contributed by atoms with Crippen molar-refractivity contribution in [1.82, 2.24) is 0 Å². The Hall–Kier alpha value is -1.85. The first-order valence-electron chi connectivity index (χ1n) is 3.79. The number of alkyl halides is 1. The summed E-state index contributed by atoms with van der Waals surface area (Å²) in [7, 11) is 0. The summed E-state index contributed by atoms with van der Waals surface area (Å²) in [6, 6.07) is 1.24. The number of rotatable bonds is 3. The molecule has 0 saturated heterocycles. The normalized spacial score (nSPS) is 10.1. The van der Waals surface area contributed by atoms with E-state index < -0.39 is 35.6 Å². The Labute approximate surface area is 82.1 Å². The summed E-state index contributed by atoms with van der Waals surface area (Å²) in [5, 5.41) is 8.28. The maximum Gasteiger partial charge on any atom is 0.377 e. The smallest absolute Gasteiger partial charge is 0.377 e. The number of halogens is 3. The fourth-order valence-corrected chi connectivity index (χ4v) is 1.00. The molecule has 3 nitrogen and oxygen atoms in total. The van der Waals surface area contributed by atoms with E-state index in [0.29, 0.717) is 12.1 Å². The van der Waals surface area contributed by atoms with Crippen LogP contribution in [0.2, 0.25) is 0 Å². The average molecular weight is 218 g/mol. The van der Waals surface area contributed by atoms with Gasteiger partial charge in [0.05, 0.1) is 5.56 Å². The maximum absolute atomic E-state index is 12.9. The molecule has 0 unspecified atom stereocenters. The zero-order chi connectivity index (χ0) is 11.6. The molecule has 1 N–H and O–H groups in total. The number of hydrogen-bond acceptors (Lipinski definition) is 2. The van der Waals surface area contributed by atoms with Gasteiger partial charge >= 0.3 is 5.97 Å². The first-order valence-corrected chi connectivity index (χ1v) is 3.79.